The van der Waals surface area contributed by atoms with Crippen molar-refractivity contribution in [3.63, 3.8) is 0 Å². The highest BCUT2D eigenvalue weighted by molar-refractivity contribution is 5.30. The lowest BCUT2D eigenvalue weighted by atomic mass is 9.81. The molecule has 2 bridgehead atoms. The Hall–Kier alpha value is -0.970. The van der Waals surface area contributed by atoms with Crippen LogP contribution < -0.4 is 11.3 Å². The van der Waals surface area contributed by atoms with Gasteiger partial charge in [-0.1, -0.05) is 6.07 Å². The summed E-state index contributed by atoms with van der Waals surface area (Å²) in [5.74, 6) is 6.20. The minimum Gasteiger partial charge on any atom is -0.300 e. The second-order valence-corrected chi connectivity index (χ2v) is 6.43. The van der Waals surface area contributed by atoms with E-state index in [1.165, 1.54) is 31.7 Å². The van der Waals surface area contributed by atoms with Crippen molar-refractivity contribution in [2.24, 2.45) is 11.8 Å². The molecule has 2 fully saturated rings. The van der Waals surface area contributed by atoms with Crippen LogP contribution in [0.4, 0.5) is 4.39 Å². The lowest BCUT2D eigenvalue weighted by Crippen LogP contribution is -2.45. The second kappa shape index (κ2) is 5.43. The minimum absolute atomic E-state index is 0.132. The molecule has 2 aliphatic heterocycles. The van der Waals surface area contributed by atoms with Crippen molar-refractivity contribution >= 4 is 0 Å². The summed E-state index contributed by atoms with van der Waals surface area (Å²) in [5.41, 5.74) is 5.12. The molecule has 3 unspecified atom stereocenters. The molecule has 3 rings (SSSR count). The van der Waals surface area contributed by atoms with Crippen LogP contribution in [0.3, 0.4) is 0 Å². The van der Waals surface area contributed by atoms with E-state index >= 15 is 0 Å². The van der Waals surface area contributed by atoms with E-state index in [1.807, 2.05) is 13.0 Å². The van der Waals surface area contributed by atoms with Crippen LogP contribution in [0.15, 0.2) is 18.2 Å². The first-order valence-electron chi connectivity index (χ1n) is 7.54. The number of benzene rings is 1. The van der Waals surface area contributed by atoms with Gasteiger partial charge >= 0.3 is 0 Å². The number of rotatable bonds is 3. The number of nitrogens with two attached hydrogens (primary N) is 1. The van der Waals surface area contributed by atoms with Gasteiger partial charge in [-0.2, -0.15) is 0 Å². The van der Waals surface area contributed by atoms with Gasteiger partial charge in [-0.3, -0.25) is 11.3 Å². The molecule has 2 saturated heterocycles. The molecule has 0 spiro atoms. The van der Waals surface area contributed by atoms with Crippen molar-refractivity contribution in [1.82, 2.24) is 10.3 Å². The maximum Gasteiger partial charge on any atom is 0.123 e. The predicted octanol–water partition coefficient (Wildman–Crippen LogP) is 2.51. The summed E-state index contributed by atoms with van der Waals surface area (Å²) >= 11 is 0. The lowest BCUT2D eigenvalue weighted by molar-refractivity contribution is 0.112. The first-order valence-corrected chi connectivity index (χ1v) is 7.54. The normalized spacial score (nSPS) is 31.5. The van der Waals surface area contributed by atoms with E-state index in [1.54, 1.807) is 6.07 Å². The zero-order chi connectivity index (χ0) is 14.3. The lowest BCUT2D eigenvalue weighted by Gasteiger charge is -2.40. The highest BCUT2D eigenvalue weighted by Gasteiger charge is 2.41. The Labute approximate surface area is 120 Å². The van der Waals surface area contributed by atoms with E-state index < -0.39 is 0 Å². The zero-order valence-corrected chi connectivity index (χ0v) is 12.3. The van der Waals surface area contributed by atoms with Crippen molar-refractivity contribution in [2.75, 3.05) is 7.05 Å². The molecular formula is C16H24FN3. The van der Waals surface area contributed by atoms with Gasteiger partial charge in [0.15, 0.2) is 0 Å². The molecule has 0 aliphatic carbocycles. The Kier molecular flexibility index (Phi) is 3.80. The van der Waals surface area contributed by atoms with Crippen LogP contribution in [0.1, 0.15) is 42.9 Å². The van der Waals surface area contributed by atoms with Gasteiger partial charge in [-0.05, 0) is 68.8 Å². The molecule has 2 heterocycles. The van der Waals surface area contributed by atoms with Crippen LogP contribution >= 0.6 is 0 Å². The number of hydrazine groups is 1. The van der Waals surface area contributed by atoms with Gasteiger partial charge in [0.25, 0.3) is 0 Å². The van der Waals surface area contributed by atoms with Crippen molar-refractivity contribution < 1.29 is 4.39 Å². The molecule has 1 aromatic rings. The number of piperidine rings is 1. The molecule has 20 heavy (non-hydrogen) atoms. The van der Waals surface area contributed by atoms with Gasteiger partial charge in [0.2, 0.25) is 0 Å². The maximum atomic E-state index is 13.3. The molecular weight excluding hydrogens is 253 g/mol. The number of nitrogens with one attached hydrogen (secondary N) is 1. The fourth-order valence-electron chi connectivity index (χ4n) is 4.19. The molecule has 110 valence electrons. The predicted molar refractivity (Wildman–Crippen MR) is 78.5 cm³/mol. The highest BCUT2D eigenvalue weighted by atomic mass is 19.1. The number of nitrogens with zero attached hydrogens (tertiary/aromatic N) is 1. The highest BCUT2D eigenvalue weighted by Crippen LogP contribution is 2.42. The Morgan fingerprint density at radius 1 is 1.30 bits per heavy atom. The third-order valence-electron chi connectivity index (χ3n) is 5.35. The second-order valence-electron chi connectivity index (χ2n) is 6.43. The summed E-state index contributed by atoms with van der Waals surface area (Å²) in [6, 6.07) is 6.53. The van der Waals surface area contributed by atoms with E-state index in [0.717, 1.165) is 11.1 Å². The molecule has 2 aliphatic rings. The molecule has 4 heteroatoms. The molecule has 3 atom stereocenters. The van der Waals surface area contributed by atoms with E-state index in [-0.39, 0.29) is 11.9 Å². The molecule has 0 amide bonds. The van der Waals surface area contributed by atoms with Crippen LogP contribution in [0.5, 0.6) is 0 Å². The Morgan fingerprint density at radius 3 is 2.50 bits per heavy atom. The third kappa shape index (κ3) is 2.36. The van der Waals surface area contributed by atoms with E-state index in [9.17, 15) is 4.39 Å². The fraction of sp³-hybridized carbons (Fsp3) is 0.625. The Morgan fingerprint density at radius 2 is 1.95 bits per heavy atom. The van der Waals surface area contributed by atoms with Crippen LogP contribution in [0, 0.1) is 18.7 Å². The summed E-state index contributed by atoms with van der Waals surface area (Å²) < 4.78 is 13.3. The van der Waals surface area contributed by atoms with Crippen LogP contribution in [-0.4, -0.2) is 24.0 Å². The van der Waals surface area contributed by atoms with Crippen LogP contribution in [0.2, 0.25) is 0 Å². The molecule has 0 saturated carbocycles. The average Bonchev–Trinajstić information content (AvgIpc) is 2.64. The van der Waals surface area contributed by atoms with Gasteiger partial charge in [-0.25, -0.2) is 4.39 Å². The Balaban J connectivity index is 1.83. The number of hydrogen-bond donors (Lipinski definition) is 2. The van der Waals surface area contributed by atoms with Crippen molar-refractivity contribution in [1.29, 1.82) is 0 Å². The number of hydrogen-bond acceptors (Lipinski definition) is 3. The Bertz CT molecular complexity index is 477. The van der Waals surface area contributed by atoms with Gasteiger partial charge in [0.05, 0.1) is 0 Å². The number of fused-ring (bicyclic) bond motifs is 2. The van der Waals surface area contributed by atoms with Crippen molar-refractivity contribution in [3.8, 4) is 0 Å². The summed E-state index contributed by atoms with van der Waals surface area (Å²) in [5, 5.41) is 0. The summed E-state index contributed by atoms with van der Waals surface area (Å²) in [7, 11) is 2.24. The first-order chi connectivity index (χ1) is 9.60. The summed E-state index contributed by atoms with van der Waals surface area (Å²) in [6.45, 7) is 1.96. The largest absolute Gasteiger partial charge is 0.300 e. The summed E-state index contributed by atoms with van der Waals surface area (Å²) in [4.78, 5) is 2.53. The van der Waals surface area contributed by atoms with Gasteiger partial charge < -0.3 is 4.90 Å². The number of halogens is 1. The SMILES string of the molecule is Cc1cc(F)ccc1C(NN)C1CC2CCC(C1)N2C. The minimum atomic E-state index is -0.175. The van der Waals surface area contributed by atoms with Gasteiger partial charge in [0, 0.05) is 18.1 Å². The maximum absolute atomic E-state index is 13.3. The van der Waals surface area contributed by atoms with Crippen molar-refractivity contribution in [2.45, 2.75) is 50.7 Å². The monoisotopic (exact) mass is 277 g/mol. The smallest absolute Gasteiger partial charge is 0.123 e. The molecule has 0 aromatic heterocycles. The topological polar surface area (TPSA) is 41.3 Å². The first kappa shape index (κ1) is 14.0. The summed E-state index contributed by atoms with van der Waals surface area (Å²) in [6.07, 6.45) is 4.96. The van der Waals surface area contributed by atoms with Crippen LogP contribution in [0.25, 0.3) is 0 Å². The average molecular weight is 277 g/mol. The van der Waals surface area contributed by atoms with Crippen molar-refractivity contribution in [3.05, 3.63) is 35.1 Å². The standard InChI is InChI=1S/C16H24FN3/c1-10-7-12(17)3-6-15(10)16(19-18)11-8-13-4-5-14(9-11)20(13)2/h3,6-7,11,13-14,16,19H,4-5,8-9,18H2,1-2H3. The molecule has 1 aromatic carbocycles. The zero-order valence-electron chi connectivity index (χ0n) is 12.3. The third-order valence-corrected chi connectivity index (χ3v) is 5.35. The van der Waals surface area contributed by atoms with E-state index in [0.29, 0.717) is 18.0 Å². The fourth-order valence-corrected chi connectivity index (χ4v) is 4.19. The van der Waals surface area contributed by atoms with E-state index in [2.05, 4.69) is 17.4 Å². The van der Waals surface area contributed by atoms with Gasteiger partial charge in [0.1, 0.15) is 5.82 Å². The quantitative estimate of drug-likeness (QED) is 0.659. The molecule has 3 nitrogen and oxygen atoms in total. The molecule has 0 radical (unpaired) electrons. The van der Waals surface area contributed by atoms with Gasteiger partial charge in [-0.15, -0.1) is 0 Å². The van der Waals surface area contributed by atoms with E-state index in [4.69, 9.17) is 5.84 Å². The molecule has 3 N–H and O–H groups in total. The van der Waals surface area contributed by atoms with Crippen LogP contribution in [-0.2, 0) is 0 Å². The number of aryl methyl sites for hydroxylation is 1.